The van der Waals surface area contributed by atoms with Gasteiger partial charge in [-0.05, 0) is 19.1 Å². The molecule has 0 atom stereocenters. The summed E-state index contributed by atoms with van der Waals surface area (Å²) in [6.45, 7) is 4.63. The summed E-state index contributed by atoms with van der Waals surface area (Å²) in [6, 6.07) is 9.39. The smallest absolute Gasteiger partial charge is 0.246 e. The summed E-state index contributed by atoms with van der Waals surface area (Å²) in [4.78, 5) is 13.3. The second-order valence-electron chi connectivity index (χ2n) is 5.77. The second kappa shape index (κ2) is 6.37. The first-order valence-corrected chi connectivity index (χ1v) is 9.21. The van der Waals surface area contributed by atoms with Crippen LogP contribution in [0.25, 0.3) is 5.69 Å². The van der Waals surface area contributed by atoms with E-state index in [4.69, 9.17) is 0 Å². The van der Waals surface area contributed by atoms with Crippen LogP contribution in [0.4, 0.5) is 0 Å². The van der Waals surface area contributed by atoms with Crippen molar-refractivity contribution in [1.82, 2.24) is 19.0 Å². The Morgan fingerprint density at radius 2 is 1.71 bits per heavy atom. The van der Waals surface area contributed by atoms with Crippen LogP contribution in [-0.2, 0) is 14.8 Å². The molecule has 1 amide bonds. The van der Waals surface area contributed by atoms with Gasteiger partial charge in [-0.15, -0.1) is 0 Å². The van der Waals surface area contributed by atoms with Crippen molar-refractivity contribution < 1.29 is 13.2 Å². The normalized spacial score (nSPS) is 16.3. The molecular formula is C16H20N4O3S. The average Bonchev–Trinajstić information content (AvgIpc) is 2.98. The Morgan fingerprint density at radius 1 is 1.08 bits per heavy atom. The lowest BCUT2D eigenvalue weighted by atomic mass is 10.3. The summed E-state index contributed by atoms with van der Waals surface area (Å²) in [5, 5.41) is 4.33. The van der Waals surface area contributed by atoms with E-state index in [1.807, 2.05) is 30.3 Å². The molecule has 128 valence electrons. The van der Waals surface area contributed by atoms with Crippen LogP contribution in [0, 0.1) is 6.92 Å². The number of piperazine rings is 1. The standard InChI is InChI=1S/C16H20N4O3S/c1-13-16(12-20(17-13)15-6-4-3-5-7-15)24(22,23)19-10-8-18(9-11-19)14(2)21/h3-7,12H,8-11H2,1-2H3. The van der Waals surface area contributed by atoms with Crippen LogP contribution in [0.15, 0.2) is 41.4 Å². The Bertz CT molecular complexity index is 837. The maximum Gasteiger partial charge on any atom is 0.246 e. The third-order valence-electron chi connectivity index (χ3n) is 4.18. The fourth-order valence-corrected chi connectivity index (χ4v) is 4.36. The minimum absolute atomic E-state index is 0.0277. The van der Waals surface area contributed by atoms with Crippen molar-refractivity contribution in [3.8, 4) is 5.69 Å². The molecule has 1 aromatic heterocycles. The topological polar surface area (TPSA) is 75.5 Å². The van der Waals surface area contributed by atoms with Gasteiger partial charge >= 0.3 is 0 Å². The van der Waals surface area contributed by atoms with Crippen molar-refractivity contribution >= 4 is 15.9 Å². The minimum atomic E-state index is -3.62. The average molecular weight is 348 g/mol. The predicted molar refractivity (Wildman–Crippen MR) is 89.3 cm³/mol. The van der Waals surface area contributed by atoms with Gasteiger partial charge in [0.1, 0.15) is 4.90 Å². The molecule has 0 bridgehead atoms. The van der Waals surface area contributed by atoms with Gasteiger partial charge in [-0.25, -0.2) is 13.1 Å². The zero-order valence-corrected chi connectivity index (χ0v) is 14.5. The van der Waals surface area contributed by atoms with Gasteiger partial charge in [0.05, 0.1) is 17.6 Å². The fourth-order valence-electron chi connectivity index (χ4n) is 2.79. The van der Waals surface area contributed by atoms with E-state index < -0.39 is 10.0 Å². The summed E-state index contributed by atoms with van der Waals surface area (Å²) >= 11 is 0. The van der Waals surface area contributed by atoms with Crippen LogP contribution in [0.2, 0.25) is 0 Å². The van der Waals surface area contributed by atoms with E-state index in [0.717, 1.165) is 5.69 Å². The molecule has 0 unspecified atom stereocenters. The lowest BCUT2D eigenvalue weighted by Gasteiger charge is -2.33. The van der Waals surface area contributed by atoms with Crippen molar-refractivity contribution in [3.05, 3.63) is 42.2 Å². The molecule has 7 nitrogen and oxygen atoms in total. The first kappa shape index (κ1) is 16.7. The second-order valence-corrected chi connectivity index (χ2v) is 7.68. The molecule has 2 heterocycles. The van der Waals surface area contributed by atoms with Gasteiger partial charge < -0.3 is 4.90 Å². The maximum atomic E-state index is 12.9. The number of hydrogen-bond acceptors (Lipinski definition) is 4. The summed E-state index contributed by atoms with van der Waals surface area (Å²) < 4.78 is 28.8. The molecule has 0 N–H and O–H groups in total. The van der Waals surface area contributed by atoms with Crippen LogP contribution in [0.5, 0.6) is 0 Å². The van der Waals surface area contributed by atoms with Crippen molar-refractivity contribution in [3.63, 3.8) is 0 Å². The van der Waals surface area contributed by atoms with E-state index in [1.165, 1.54) is 11.2 Å². The molecule has 1 fully saturated rings. The van der Waals surface area contributed by atoms with Gasteiger partial charge in [-0.1, -0.05) is 18.2 Å². The molecule has 2 aromatic rings. The zero-order chi connectivity index (χ0) is 17.3. The molecule has 0 radical (unpaired) electrons. The van der Waals surface area contributed by atoms with Crippen LogP contribution in [-0.4, -0.2) is 59.5 Å². The summed E-state index contributed by atoms with van der Waals surface area (Å²) in [6.07, 6.45) is 1.55. The van der Waals surface area contributed by atoms with Crippen LogP contribution >= 0.6 is 0 Å². The van der Waals surface area contributed by atoms with E-state index in [1.54, 1.807) is 22.7 Å². The van der Waals surface area contributed by atoms with Gasteiger partial charge in [-0.3, -0.25) is 4.79 Å². The third kappa shape index (κ3) is 3.07. The van der Waals surface area contributed by atoms with Gasteiger partial charge in [0, 0.05) is 33.1 Å². The van der Waals surface area contributed by atoms with Crippen LogP contribution < -0.4 is 0 Å². The highest BCUT2D eigenvalue weighted by Gasteiger charge is 2.31. The fraction of sp³-hybridized carbons (Fsp3) is 0.375. The maximum absolute atomic E-state index is 12.9. The van der Waals surface area contributed by atoms with Crippen molar-refractivity contribution in [2.45, 2.75) is 18.7 Å². The molecule has 1 aromatic carbocycles. The highest BCUT2D eigenvalue weighted by Crippen LogP contribution is 2.22. The molecule has 1 saturated heterocycles. The van der Waals surface area contributed by atoms with E-state index in [2.05, 4.69) is 5.10 Å². The number of aryl methyl sites for hydroxylation is 1. The van der Waals surface area contributed by atoms with Crippen molar-refractivity contribution in [2.75, 3.05) is 26.2 Å². The highest BCUT2D eigenvalue weighted by molar-refractivity contribution is 7.89. The molecule has 0 spiro atoms. The largest absolute Gasteiger partial charge is 0.340 e. The molecule has 1 aliphatic rings. The number of carbonyl (C=O) groups is 1. The zero-order valence-electron chi connectivity index (χ0n) is 13.7. The van der Waals surface area contributed by atoms with E-state index in [-0.39, 0.29) is 10.8 Å². The van der Waals surface area contributed by atoms with E-state index in [9.17, 15) is 13.2 Å². The molecule has 1 aliphatic heterocycles. The van der Waals surface area contributed by atoms with E-state index in [0.29, 0.717) is 31.9 Å². The number of para-hydroxylation sites is 1. The Hall–Kier alpha value is -2.19. The summed E-state index contributed by atoms with van der Waals surface area (Å²) in [5.41, 5.74) is 1.27. The summed E-state index contributed by atoms with van der Waals surface area (Å²) in [7, 11) is -3.62. The Balaban J connectivity index is 1.86. The van der Waals surface area contributed by atoms with Gasteiger partial charge in [0.2, 0.25) is 15.9 Å². The first-order chi connectivity index (χ1) is 11.4. The lowest BCUT2D eigenvalue weighted by Crippen LogP contribution is -2.49. The Kier molecular flexibility index (Phi) is 4.42. The predicted octanol–water partition coefficient (Wildman–Crippen LogP) is 1.03. The number of sulfonamides is 1. The Labute approximate surface area is 141 Å². The number of nitrogens with zero attached hydrogens (tertiary/aromatic N) is 4. The molecule has 0 saturated carbocycles. The molecule has 8 heteroatoms. The number of rotatable bonds is 3. The SMILES string of the molecule is CC(=O)N1CCN(S(=O)(=O)c2cn(-c3ccccc3)nc2C)CC1. The van der Waals surface area contributed by atoms with Crippen LogP contribution in [0.3, 0.4) is 0 Å². The van der Waals surface area contributed by atoms with Gasteiger partial charge in [0.15, 0.2) is 0 Å². The number of hydrogen-bond donors (Lipinski definition) is 0. The molecule has 0 aliphatic carbocycles. The molecule has 24 heavy (non-hydrogen) atoms. The van der Waals surface area contributed by atoms with Crippen molar-refractivity contribution in [1.29, 1.82) is 0 Å². The van der Waals surface area contributed by atoms with Crippen molar-refractivity contribution in [2.24, 2.45) is 0 Å². The van der Waals surface area contributed by atoms with Crippen LogP contribution in [0.1, 0.15) is 12.6 Å². The number of carbonyl (C=O) groups excluding carboxylic acids is 1. The third-order valence-corrected chi connectivity index (χ3v) is 6.18. The minimum Gasteiger partial charge on any atom is -0.340 e. The van der Waals surface area contributed by atoms with E-state index >= 15 is 0 Å². The number of aromatic nitrogens is 2. The monoisotopic (exact) mass is 348 g/mol. The van der Waals surface area contributed by atoms with Gasteiger partial charge in [0.25, 0.3) is 0 Å². The number of amides is 1. The lowest BCUT2D eigenvalue weighted by molar-refractivity contribution is -0.129. The first-order valence-electron chi connectivity index (χ1n) is 7.77. The quantitative estimate of drug-likeness (QED) is 0.830. The summed E-state index contributed by atoms with van der Waals surface area (Å²) in [5.74, 6) is -0.0277. The Morgan fingerprint density at radius 3 is 2.29 bits per heavy atom. The number of benzene rings is 1. The van der Waals surface area contributed by atoms with Gasteiger partial charge in [-0.2, -0.15) is 9.40 Å². The molecular weight excluding hydrogens is 328 g/mol. The molecule has 3 rings (SSSR count). The highest BCUT2D eigenvalue weighted by atomic mass is 32.2.